The fraction of sp³-hybridized carbons (Fsp3) is 0. The van der Waals surface area contributed by atoms with Crippen molar-refractivity contribution in [3.63, 3.8) is 0 Å². The molecule has 1 aromatic carbocycles. The van der Waals surface area contributed by atoms with Crippen LogP contribution in [0.15, 0.2) is 23.4 Å². The number of oxime groups is 1. The molecule has 1 N–H and O–H groups in total. The molecule has 0 aliphatic heterocycles. The lowest BCUT2D eigenvalue weighted by molar-refractivity contribution is -0.385. The van der Waals surface area contributed by atoms with Crippen molar-refractivity contribution < 1.29 is 10.1 Å². The highest BCUT2D eigenvalue weighted by molar-refractivity contribution is 6.71. The van der Waals surface area contributed by atoms with Crippen molar-refractivity contribution in [1.82, 2.24) is 0 Å². The van der Waals surface area contributed by atoms with Gasteiger partial charge in [-0.2, -0.15) is 0 Å². The zero-order chi connectivity index (χ0) is 10.7. The minimum atomic E-state index is -0.658. The number of halogens is 2. The van der Waals surface area contributed by atoms with Gasteiger partial charge in [-0.1, -0.05) is 34.4 Å². The van der Waals surface area contributed by atoms with Crippen LogP contribution in [0.1, 0.15) is 5.56 Å². The van der Waals surface area contributed by atoms with E-state index in [-0.39, 0.29) is 16.3 Å². The van der Waals surface area contributed by atoms with E-state index >= 15 is 0 Å². The first-order chi connectivity index (χ1) is 6.57. The van der Waals surface area contributed by atoms with Crippen LogP contribution in [0.2, 0.25) is 5.02 Å². The molecule has 74 valence electrons. The molecule has 0 heterocycles. The van der Waals surface area contributed by atoms with Crippen LogP contribution in [-0.4, -0.2) is 15.3 Å². The Morgan fingerprint density at radius 1 is 1.57 bits per heavy atom. The van der Waals surface area contributed by atoms with Gasteiger partial charge in [0, 0.05) is 6.07 Å². The van der Waals surface area contributed by atoms with Gasteiger partial charge in [0.25, 0.3) is 5.69 Å². The lowest BCUT2D eigenvalue weighted by Gasteiger charge is -2.00. The molecule has 5 nitrogen and oxygen atoms in total. The van der Waals surface area contributed by atoms with Gasteiger partial charge in [0.15, 0.2) is 5.17 Å². The van der Waals surface area contributed by atoms with Crippen LogP contribution in [0.5, 0.6) is 0 Å². The molecule has 0 amide bonds. The smallest absolute Gasteiger partial charge is 0.281 e. The molecule has 0 unspecified atom stereocenters. The van der Waals surface area contributed by atoms with E-state index in [0.29, 0.717) is 0 Å². The summed E-state index contributed by atoms with van der Waals surface area (Å²) in [5, 5.41) is 21.2. The largest absolute Gasteiger partial charge is 0.410 e. The molecule has 0 spiro atoms. The first-order valence-corrected chi connectivity index (χ1v) is 4.14. The van der Waals surface area contributed by atoms with E-state index in [1.807, 2.05) is 0 Å². The predicted octanol–water partition coefficient (Wildman–Crippen LogP) is 2.62. The predicted molar refractivity (Wildman–Crippen MR) is 52.3 cm³/mol. The Morgan fingerprint density at radius 2 is 2.21 bits per heavy atom. The Morgan fingerprint density at radius 3 is 2.71 bits per heavy atom. The molecule has 14 heavy (non-hydrogen) atoms. The summed E-state index contributed by atoms with van der Waals surface area (Å²) in [6.45, 7) is 0. The monoisotopic (exact) mass is 234 g/mol. The molecular formula is C7H4Cl2N2O3. The quantitative estimate of drug-likeness (QED) is 0.370. The van der Waals surface area contributed by atoms with E-state index in [1.54, 1.807) is 0 Å². The van der Waals surface area contributed by atoms with Crippen LogP contribution >= 0.6 is 23.2 Å². The summed E-state index contributed by atoms with van der Waals surface area (Å²) in [5.41, 5.74) is -0.399. The van der Waals surface area contributed by atoms with Crippen LogP contribution in [0.4, 0.5) is 5.69 Å². The lowest BCUT2D eigenvalue weighted by atomic mass is 10.2. The topological polar surface area (TPSA) is 75.7 Å². The van der Waals surface area contributed by atoms with Crippen molar-refractivity contribution in [2.45, 2.75) is 0 Å². The Balaban J connectivity index is 3.45. The highest BCUT2D eigenvalue weighted by Gasteiger charge is 2.20. The Kier molecular flexibility index (Phi) is 3.27. The molecule has 0 fully saturated rings. The second kappa shape index (κ2) is 4.26. The zero-order valence-electron chi connectivity index (χ0n) is 6.65. The maximum Gasteiger partial charge on any atom is 0.281 e. The van der Waals surface area contributed by atoms with Crippen LogP contribution in [0, 0.1) is 10.1 Å². The normalized spacial score (nSPS) is 11.4. The van der Waals surface area contributed by atoms with Crippen molar-refractivity contribution in [2.75, 3.05) is 0 Å². The van der Waals surface area contributed by atoms with E-state index < -0.39 is 10.1 Å². The second-order valence-electron chi connectivity index (χ2n) is 2.28. The van der Waals surface area contributed by atoms with E-state index in [0.717, 1.165) is 0 Å². The van der Waals surface area contributed by atoms with Crippen molar-refractivity contribution in [3.05, 3.63) is 38.9 Å². The van der Waals surface area contributed by atoms with Crippen LogP contribution in [0.25, 0.3) is 0 Å². The summed E-state index contributed by atoms with van der Waals surface area (Å²) in [6, 6.07) is 4.04. The zero-order valence-corrected chi connectivity index (χ0v) is 8.16. The van der Waals surface area contributed by atoms with Crippen LogP contribution in [0.3, 0.4) is 0 Å². The molecule has 0 aliphatic carbocycles. The van der Waals surface area contributed by atoms with Crippen LogP contribution in [-0.2, 0) is 0 Å². The number of nitro groups is 1. The molecule has 0 aliphatic rings. The summed E-state index contributed by atoms with van der Waals surface area (Å²) in [5.74, 6) is 0. The Labute approximate surface area is 88.7 Å². The molecule has 7 heteroatoms. The van der Waals surface area contributed by atoms with Gasteiger partial charge in [0.05, 0.1) is 9.95 Å². The molecule has 1 rings (SSSR count). The molecule has 0 radical (unpaired) electrons. The second-order valence-corrected chi connectivity index (χ2v) is 3.05. The van der Waals surface area contributed by atoms with E-state index in [1.165, 1.54) is 18.2 Å². The third kappa shape index (κ3) is 1.94. The third-order valence-electron chi connectivity index (χ3n) is 1.48. The van der Waals surface area contributed by atoms with Gasteiger partial charge in [0.1, 0.15) is 5.56 Å². The Bertz CT molecular complexity index is 406. The molecule has 0 saturated heterocycles. The third-order valence-corrected chi connectivity index (χ3v) is 2.06. The number of nitro benzene ring substituents is 1. The molecular weight excluding hydrogens is 231 g/mol. The number of benzene rings is 1. The molecule has 0 saturated carbocycles. The van der Waals surface area contributed by atoms with Crippen LogP contribution < -0.4 is 0 Å². The SMILES string of the molecule is O=[N+]([O-])c1cccc(Cl)c1C(Cl)=NO. The molecule has 0 bridgehead atoms. The summed E-state index contributed by atoms with van der Waals surface area (Å²) < 4.78 is 0. The summed E-state index contributed by atoms with van der Waals surface area (Å²) in [7, 11) is 0. The number of hydrogen-bond donors (Lipinski definition) is 1. The maximum atomic E-state index is 10.5. The average molecular weight is 235 g/mol. The van der Waals surface area contributed by atoms with Gasteiger partial charge in [-0.25, -0.2) is 0 Å². The summed E-state index contributed by atoms with van der Waals surface area (Å²) in [4.78, 5) is 9.89. The molecule has 0 aromatic heterocycles. The van der Waals surface area contributed by atoms with Gasteiger partial charge in [0.2, 0.25) is 0 Å². The lowest BCUT2D eigenvalue weighted by Crippen LogP contribution is -2.00. The Hall–Kier alpha value is -1.33. The summed E-state index contributed by atoms with van der Waals surface area (Å²) in [6.07, 6.45) is 0. The van der Waals surface area contributed by atoms with Gasteiger partial charge in [-0.05, 0) is 6.07 Å². The number of rotatable bonds is 2. The van der Waals surface area contributed by atoms with Gasteiger partial charge in [-0.3, -0.25) is 10.1 Å². The highest BCUT2D eigenvalue weighted by atomic mass is 35.5. The highest BCUT2D eigenvalue weighted by Crippen LogP contribution is 2.27. The maximum absolute atomic E-state index is 10.5. The molecule has 1 aromatic rings. The fourth-order valence-electron chi connectivity index (χ4n) is 0.919. The molecule has 0 atom stereocenters. The average Bonchev–Trinajstić information content (AvgIpc) is 2.16. The minimum Gasteiger partial charge on any atom is -0.410 e. The van der Waals surface area contributed by atoms with E-state index in [2.05, 4.69) is 5.16 Å². The van der Waals surface area contributed by atoms with Crippen molar-refractivity contribution in [3.8, 4) is 0 Å². The van der Waals surface area contributed by atoms with Crippen molar-refractivity contribution in [1.29, 1.82) is 0 Å². The van der Waals surface area contributed by atoms with Crippen molar-refractivity contribution in [2.24, 2.45) is 5.16 Å². The van der Waals surface area contributed by atoms with Gasteiger partial charge >= 0.3 is 0 Å². The van der Waals surface area contributed by atoms with Crippen molar-refractivity contribution >= 4 is 34.1 Å². The van der Waals surface area contributed by atoms with E-state index in [9.17, 15) is 10.1 Å². The van der Waals surface area contributed by atoms with Gasteiger partial charge in [-0.15, -0.1) is 0 Å². The fourth-order valence-corrected chi connectivity index (χ4v) is 1.43. The van der Waals surface area contributed by atoms with E-state index in [4.69, 9.17) is 28.4 Å². The summed E-state index contributed by atoms with van der Waals surface area (Å²) >= 11 is 11.1. The number of hydrogen-bond acceptors (Lipinski definition) is 4. The minimum absolute atomic E-state index is 0.0574. The first-order valence-electron chi connectivity index (χ1n) is 3.38. The number of nitrogens with zero attached hydrogens (tertiary/aromatic N) is 2. The van der Waals surface area contributed by atoms with Gasteiger partial charge < -0.3 is 5.21 Å². The first kappa shape index (κ1) is 10.7. The standard InChI is InChI=1S/C7H4Cl2N2O3/c8-4-2-1-3-5(11(13)14)6(4)7(9)10-12/h1-3,12H.